The molecule has 118 valence electrons. The SMILES string of the molecule is CC(Cn1cccn1)NC(=O)NC(C)(C(=O)O)C(F)(F)F. The number of carboxylic acid groups (broad SMARTS) is 1. The van der Waals surface area contributed by atoms with Crippen molar-refractivity contribution in [2.45, 2.75) is 38.1 Å². The van der Waals surface area contributed by atoms with Crippen LogP contribution in [0.5, 0.6) is 0 Å². The molecule has 7 nitrogen and oxygen atoms in total. The standard InChI is InChI=1S/C11H15F3N4O3/c1-7(6-18-5-3-4-15-18)16-9(21)17-10(2,8(19)20)11(12,13)14/h3-5,7H,6H2,1-2H3,(H,19,20)(H2,16,17,21). The third-order valence-electron chi connectivity index (χ3n) is 2.76. The van der Waals surface area contributed by atoms with Gasteiger partial charge in [-0.3, -0.25) is 4.68 Å². The number of carbonyl (C=O) groups is 2. The summed E-state index contributed by atoms with van der Waals surface area (Å²) >= 11 is 0. The van der Waals surface area contributed by atoms with E-state index in [2.05, 4.69) is 10.4 Å². The summed E-state index contributed by atoms with van der Waals surface area (Å²) in [4.78, 5) is 22.3. The van der Waals surface area contributed by atoms with Gasteiger partial charge in [0.25, 0.3) is 0 Å². The lowest BCUT2D eigenvalue weighted by atomic mass is 10.0. The summed E-state index contributed by atoms with van der Waals surface area (Å²) in [6, 6.07) is -0.120. The Morgan fingerprint density at radius 3 is 2.48 bits per heavy atom. The Bertz CT molecular complexity index is 503. The summed E-state index contributed by atoms with van der Waals surface area (Å²) in [5.74, 6) is -2.19. The number of amides is 2. The fraction of sp³-hybridized carbons (Fsp3) is 0.545. The maximum Gasteiger partial charge on any atom is 0.422 e. The van der Waals surface area contributed by atoms with E-state index in [1.54, 1.807) is 19.2 Å². The molecule has 0 saturated heterocycles. The molecule has 0 bridgehead atoms. The molecule has 1 heterocycles. The Morgan fingerprint density at radius 2 is 2.05 bits per heavy atom. The van der Waals surface area contributed by atoms with Crippen LogP contribution in [0.3, 0.4) is 0 Å². The van der Waals surface area contributed by atoms with E-state index in [4.69, 9.17) is 5.11 Å². The predicted molar refractivity (Wildman–Crippen MR) is 65.5 cm³/mol. The molecule has 0 fully saturated rings. The number of hydrogen-bond donors (Lipinski definition) is 3. The van der Waals surface area contributed by atoms with Crippen LogP contribution in [-0.4, -0.2) is 44.6 Å². The van der Waals surface area contributed by atoms with E-state index in [1.165, 1.54) is 16.2 Å². The Balaban J connectivity index is 2.65. The Kier molecular flexibility index (Phi) is 4.81. The third-order valence-corrected chi connectivity index (χ3v) is 2.76. The number of halogens is 3. The van der Waals surface area contributed by atoms with Crippen LogP contribution in [0.2, 0.25) is 0 Å². The first-order chi connectivity index (χ1) is 9.56. The Labute approximate surface area is 118 Å². The van der Waals surface area contributed by atoms with Crippen LogP contribution in [0.4, 0.5) is 18.0 Å². The lowest BCUT2D eigenvalue weighted by molar-refractivity contribution is -0.203. The first-order valence-corrected chi connectivity index (χ1v) is 5.92. The van der Waals surface area contributed by atoms with Gasteiger partial charge in [-0.05, 0) is 19.9 Å². The van der Waals surface area contributed by atoms with Crippen molar-refractivity contribution >= 4 is 12.0 Å². The lowest BCUT2D eigenvalue weighted by Gasteiger charge is -2.29. The van der Waals surface area contributed by atoms with Crippen molar-refractivity contribution in [1.29, 1.82) is 0 Å². The molecule has 2 unspecified atom stereocenters. The van der Waals surface area contributed by atoms with Crippen LogP contribution in [-0.2, 0) is 11.3 Å². The highest BCUT2D eigenvalue weighted by Gasteiger charge is 2.58. The summed E-state index contributed by atoms with van der Waals surface area (Å²) in [6.07, 6.45) is -1.99. The molecule has 3 N–H and O–H groups in total. The number of carbonyl (C=O) groups excluding carboxylic acids is 1. The summed E-state index contributed by atoms with van der Waals surface area (Å²) < 4.78 is 39.6. The molecule has 10 heteroatoms. The maximum absolute atomic E-state index is 12.7. The molecule has 0 aliphatic rings. The molecule has 21 heavy (non-hydrogen) atoms. The van der Waals surface area contributed by atoms with Gasteiger partial charge in [-0.25, -0.2) is 9.59 Å². The number of urea groups is 1. The van der Waals surface area contributed by atoms with Crippen LogP contribution < -0.4 is 10.6 Å². The van der Waals surface area contributed by atoms with Crippen molar-refractivity contribution in [3.8, 4) is 0 Å². The molecule has 0 radical (unpaired) electrons. The van der Waals surface area contributed by atoms with Gasteiger partial charge in [0.1, 0.15) is 0 Å². The van der Waals surface area contributed by atoms with E-state index >= 15 is 0 Å². The Hall–Kier alpha value is -2.26. The number of nitrogens with zero attached hydrogens (tertiary/aromatic N) is 2. The van der Waals surface area contributed by atoms with E-state index in [1.807, 2.05) is 0 Å². The molecule has 1 rings (SSSR count). The summed E-state index contributed by atoms with van der Waals surface area (Å²) in [5, 5.41) is 16.2. The van der Waals surface area contributed by atoms with E-state index < -0.39 is 29.8 Å². The fourth-order valence-electron chi connectivity index (χ4n) is 1.47. The number of nitrogens with one attached hydrogen (secondary N) is 2. The highest BCUT2D eigenvalue weighted by molar-refractivity contribution is 5.86. The third kappa shape index (κ3) is 4.10. The van der Waals surface area contributed by atoms with Crippen molar-refractivity contribution in [3.63, 3.8) is 0 Å². The molecular formula is C11H15F3N4O3. The second-order valence-electron chi connectivity index (χ2n) is 4.66. The quantitative estimate of drug-likeness (QED) is 0.755. The van der Waals surface area contributed by atoms with Gasteiger partial charge in [-0.15, -0.1) is 0 Å². The van der Waals surface area contributed by atoms with Gasteiger partial charge in [-0.1, -0.05) is 0 Å². The topological polar surface area (TPSA) is 96.3 Å². The van der Waals surface area contributed by atoms with Crippen LogP contribution >= 0.6 is 0 Å². The second kappa shape index (κ2) is 6.02. The minimum Gasteiger partial charge on any atom is -0.479 e. The molecule has 2 atom stereocenters. The highest BCUT2D eigenvalue weighted by atomic mass is 19.4. The van der Waals surface area contributed by atoms with Gasteiger partial charge < -0.3 is 15.7 Å². The van der Waals surface area contributed by atoms with Gasteiger partial charge >= 0.3 is 18.2 Å². The van der Waals surface area contributed by atoms with E-state index in [9.17, 15) is 22.8 Å². The summed E-state index contributed by atoms with van der Waals surface area (Å²) in [7, 11) is 0. The summed E-state index contributed by atoms with van der Waals surface area (Å²) in [6.45, 7) is 2.16. The number of rotatable bonds is 5. The van der Waals surface area contributed by atoms with E-state index in [-0.39, 0.29) is 6.54 Å². The first kappa shape index (κ1) is 16.8. The number of aromatic nitrogens is 2. The van der Waals surface area contributed by atoms with Crippen molar-refractivity contribution in [2.24, 2.45) is 0 Å². The minimum atomic E-state index is -5.12. The zero-order valence-electron chi connectivity index (χ0n) is 11.3. The Morgan fingerprint density at radius 1 is 1.43 bits per heavy atom. The molecule has 0 aromatic carbocycles. The van der Waals surface area contributed by atoms with Crippen molar-refractivity contribution in [2.75, 3.05) is 0 Å². The number of alkyl halides is 3. The van der Waals surface area contributed by atoms with Gasteiger partial charge in [0, 0.05) is 18.4 Å². The molecular weight excluding hydrogens is 293 g/mol. The molecule has 0 saturated carbocycles. The highest BCUT2D eigenvalue weighted by Crippen LogP contribution is 2.30. The lowest BCUT2D eigenvalue weighted by Crippen LogP contribution is -2.64. The van der Waals surface area contributed by atoms with Gasteiger partial charge in [0.15, 0.2) is 0 Å². The molecule has 0 aliphatic carbocycles. The van der Waals surface area contributed by atoms with Gasteiger partial charge in [0.2, 0.25) is 5.54 Å². The molecule has 0 aliphatic heterocycles. The number of carboxylic acids is 1. The van der Waals surface area contributed by atoms with Crippen LogP contribution in [0, 0.1) is 0 Å². The molecule has 2 amide bonds. The minimum absolute atomic E-state index is 0.232. The van der Waals surface area contributed by atoms with Crippen LogP contribution in [0.15, 0.2) is 18.5 Å². The van der Waals surface area contributed by atoms with E-state index in [0.717, 1.165) is 0 Å². The number of aliphatic carboxylic acids is 1. The largest absolute Gasteiger partial charge is 0.479 e. The monoisotopic (exact) mass is 308 g/mol. The van der Waals surface area contributed by atoms with Crippen molar-refractivity contribution in [3.05, 3.63) is 18.5 Å². The first-order valence-electron chi connectivity index (χ1n) is 5.92. The smallest absolute Gasteiger partial charge is 0.422 e. The van der Waals surface area contributed by atoms with Crippen molar-refractivity contribution in [1.82, 2.24) is 20.4 Å². The predicted octanol–water partition coefficient (Wildman–Crippen LogP) is 0.976. The van der Waals surface area contributed by atoms with E-state index in [0.29, 0.717) is 6.92 Å². The molecule has 1 aromatic rings. The molecule has 1 aromatic heterocycles. The van der Waals surface area contributed by atoms with Crippen LogP contribution in [0.1, 0.15) is 13.8 Å². The average Bonchev–Trinajstić information content (AvgIpc) is 2.79. The average molecular weight is 308 g/mol. The van der Waals surface area contributed by atoms with Crippen molar-refractivity contribution < 1.29 is 27.9 Å². The van der Waals surface area contributed by atoms with Gasteiger partial charge in [0.05, 0.1) is 6.54 Å². The zero-order chi connectivity index (χ0) is 16.3. The summed E-state index contributed by atoms with van der Waals surface area (Å²) in [5.41, 5.74) is -3.36. The maximum atomic E-state index is 12.7. The fourth-order valence-corrected chi connectivity index (χ4v) is 1.47. The van der Waals surface area contributed by atoms with Crippen LogP contribution in [0.25, 0.3) is 0 Å². The van der Waals surface area contributed by atoms with Gasteiger partial charge in [-0.2, -0.15) is 18.3 Å². The number of hydrogen-bond acceptors (Lipinski definition) is 3. The normalized spacial score (nSPS) is 15.9. The molecule has 0 spiro atoms. The zero-order valence-corrected chi connectivity index (χ0v) is 11.3. The second-order valence-corrected chi connectivity index (χ2v) is 4.66.